The zero-order valence-electron chi connectivity index (χ0n) is 15.2. The normalized spacial score (nSPS) is 15.1. The van der Waals surface area contributed by atoms with E-state index in [9.17, 15) is 0 Å². The Morgan fingerprint density at radius 3 is 2.20 bits per heavy atom. The van der Waals surface area contributed by atoms with Gasteiger partial charge in [0.15, 0.2) is 0 Å². The number of ether oxygens (including phenoxy) is 3. The molecule has 3 rings (SSSR count). The Labute approximate surface area is 149 Å². The van der Waals surface area contributed by atoms with Crippen molar-refractivity contribution >= 4 is 5.69 Å². The molecule has 1 saturated heterocycles. The van der Waals surface area contributed by atoms with Crippen molar-refractivity contribution in [3.63, 3.8) is 0 Å². The van der Waals surface area contributed by atoms with Crippen LogP contribution >= 0.6 is 0 Å². The van der Waals surface area contributed by atoms with Crippen LogP contribution in [0.3, 0.4) is 0 Å². The van der Waals surface area contributed by atoms with Gasteiger partial charge < -0.3 is 19.1 Å². The van der Waals surface area contributed by atoms with Gasteiger partial charge in [-0.3, -0.25) is 4.90 Å². The monoisotopic (exact) mass is 342 g/mol. The lowest BCUT2D eigenvalue weighted by atomic mass is 10.1. The van der Waals surface area contributed by atoms with Gasteiger partial charge >= 0.3 is 0 Å². The maximum absolute atomic E-state index is 5.50. The number of nitrogens with zero attached hydrogens (tertiary/aromatic N) is 2. The third kappa shape index (κ3) is 4.17. The predicted octanol–water partition coefficient (Wildman–Crippen LogP) is 3.03. The van der Waals surface area contributed by atoms with Crippen molar-refractivity contribution < 1.29 is 14.2 Å². The molecular weight excluding hydrogens is 316 g/mol. The first-order valence-corrected chi connectivity index (χ1v) is 8.55. The molecule has 1 fully saturated rings. The topological polar surface area (TPSA) is 34.2 Å². The van der Waals surface area contributed by atoms with E-state index >= 15 is 0 Å². The van der Waals surface area contributed by atoms with Gasteiger partial charge in [-0.25, -0.2) is 0 Å². The number of anilines is 1. The van der Waals surface area contributed by atoms with Gasteiger partial charge in [-0.2, -0.15) is 0 Å². The molecule has 0 radical (unpaired) electrons. The first-order valence-electron chi connectivity index (χ1n) is 8.55. The zero-order chi connectivity index (χ0) is 17.6. The Morgan fingerprint density at radius 2 is 1.52 bits per heavy atom. The number of benzene rings is 2. The molecule has 134 valence electrons. The fourth-order valence-electron chi connectivity index (χ4n) is 3.22. The lowest BCUT2D eigenvalue weighted by Crippen LogP contribution is -2.46. The van der Waals surface area contributed by atoms with E-state index < -0.39 is 0 Å². The smallest absolute Gasteiger partial charge is 0.123 e. The largest absolute Gasteiger partial charge is 0.497 e. The quantitative estimate of drug-likeness (QED) is 0.806. The summed E-state index contributed by atoms with van der Waals surface area (Å²) in [6.45, 7) is 4.89. The Morgan fingerprint density at radius 1 is 0.800 bits per heavy atom. The van der Waals surface area contributed by atoms with Gasteiger partial charge in [0.1, 0.15) is 17.2 Å². The second-order valence-corrected chi connectivity index (χ2v) is 6.14. The average Bonchev–Trinajstić information content (AvgIpc) is 2.68. The molecule has 5 nitrogen and oxygen atoms in total. The van der Waals surface area contributed by atoms with E-state index in [0.717, 1.165) is 55.5 Å². The average molecular weight is 342 g/mol. The second-order valence-electron chi connectivity index (χ2n) is 6.14. The zero-order valence-corrected chi connectivity index (χ0v) is 15.2. The molecule has 1 aliphatic rings. The summed E-state index contributed by atoms with van der Waals surface area (Å²) in [5.74, 6) is 2.68. The van der Waals surface area contributed by atoms with E-state index in [-0.39, 0.29) is 0 Å². The van der Waals surface area contributed by atoms with Crippen LogP contribution in [0.25, 0.3) is 0 Å². The van der Waals surface area contributed by atoms with Gasteiger partial charge in [-0.1, -0.05) is 6.07 Å². The van der Waals surface area contributed by atoms with Gasteiger partial charge in [-0.05, 0) is 30.3 Å². The molecule has 0 atom stereocenters. The fourth-order valence-corrected chi connectivity index (χ4v) is 3.22. The molecule has 0 aliphatic carbocycles. The number of hydrogen-bond donors (Lipinski definition) is 0. The van der Waals surface area contributed by atoms with E-state index in [0.29, 0.717) is 0 Å². The molecular formula is C20H26N2O3. The Bertz CT molecular complexity index is 697. The predicted molar refractivity (Wildman–Crippen MR) is 100 cm³/mol. The van der Waals surface area contributed by atoms with E-state index in [1.54, 1.807) is 21.3 Å². The van der Waals surface area contributed by atoms with E-state index in [4.69, 9.17) is 14.2 Å². The van der Waals surface area contributed by atoms with Crippen LogP contribution in [-0.4, -0.2) is 52.4 Å². The van der Waals surface area contributed by atoms with Crippen LogP contribution in [0.2, 0.25) is 0 Å². The van der Waals surface area contributed by atoms with Crippen LogP contribution in [0, 0.1) is 0 Å². The Balaban J connectivity index is 1.63. The maximum atomic E-state index is 5.50. The second kappa shape index (κ2) is 8.12. The molecule has 0 N–H and O–H groups in total. The van der Waals surface area contributed by atoms with Gasteiger partial charge in [0, 0.05) is 50.0 Å². The highest BCUT2D eigenvalue weighted by molar-refractivity contribution is 5.51. The maximum Gasteiger partial charge on any atom is 0.123 e. The van der Waals surface area contributed by atoms with Gasteiger partial charge in [-0.15, -0.1) is 0 Å². The summed E-state index contributed by atoms with van der Waals surface area (Å²) < 4.78 is 16.2. The standard InChI is InChI=1S/C20H26N2O3/c1-23-18-6-4-5-17(14-18)22-11-9-21(10-12-22)15-16-13-19(24-2)7-8-20(16)25-3/h4-8,13-14H,9-12,15H2,1-3H3. The van der Waals surface area contributed by atoms with Crippen molar-refractivity contribution in [1.82, 2.24) is 4.90 Å². The van der Waals surface area contributed by atoms with Crippen molar-refractivity contribution in [1.29, 1.82) is 0 Å². The molecule has 0 spiro atoms. The summed E-state index contributed by atoms with van der Waals surface area (Å²) in [6, 6.07) is 14.2. The van der Waals surface area contributed by atoms with Crippen molar-refractivity contribution in [3.05, 3.63) is 48.0 Å². The fraction of sp³-hybridized carbons (Fsp3) is 0.400. The highest BCUT2D eigenvalue weighted by atomic mass is 16.5. The summed E-state index contributed by atoms with van der Waals surface area (Å²) in [7, 11) is 5.11. The molecule has 0 unspecified atom stereocenters. The lowest BCUT2D eigenvalue weighted by Gasteiger charge is -2.36. The Hall–Kier alpha value is -2.40. The van der Waals surface area contributed by atoms with E-state index in [1.807, 2.05) is 24.3 Å². The van der Waals surface area contributed by atoms with Crippen molar-refractivity contribution in [2.24, 2.45) is 0 Å². The molecule has 5 heteroatoms. The Kier molecular flexibility index (Phi) is 5.66. The van der Waals surface area contributed by atoms with Crippen LogP contribution in [0.5, 0.6) is 17.2 Å². The highest BCUT2D eigenvalue weighted by Gasteiger charge is 2.19. The summed E-state index contributed by atoms with van der Waals surface area (Å²) in [5.41, 5.74) is 2.38. The van der Waals surface area contributed by atoms with Gasteiger partial charge in [0.05, 0.1) is 21.3 Å². The molecule has 0 amide bonds. The van der Waals surface area contributed by atoms with Crippen LogP contribution in [0.4, 0.5) is 5.69 Å². The van der Waals surface area contributed by atoms with Crippen LogP contribution in [0.15, 0.2) is 42.5 Å². The van der Waals surface area contributed by atoms with Crippen LogP contribution in [-0.2, 0) is 6.54 Å². The third-order valence-electron chi connectivity index (χ3n) is 4.67. The molecule has 2 aromatic carbocycles. The van der Waals surface area contributed by atoms with Gasteiger partial charge in [0.25, 0.3) is 0 Å². The molecule has 1 aliphatic heterocycles. The molecule has 0 saturated carbocycles. The molecule has 1 heterocycles. The number of piperazine rings is 1. The highest BCUT2D eigenvalue weighted by Crippen LogP contribution is 2.27. The van der Waals surface area contributed by atoms with E-state index in [1.165, 1.54) is 5.69 Å². The summed E-state index contributed by atoms with van der Waals surface area (Å²) in [6.07, 6.45) is 0. The minimum absolute atomic E-state index is 0.866. The van der Waals surface area contributed by atoms with Crippen molar-refractivity contribution in [2.45, 2.75) is 6.54 Å². The van der Waals surface area contributed by atoms with Crippen molar-refractivity contribution in [3.8, 4) is 17.2 Å². The van der Waals surface area contributed by atoms with Gasteiger partial charge in [0.2, 0.25) is 0 Å². The minimum Gasteiger partial charge on any atom is -0.497 e. The summed E-state index contributed by atoms with van der Waals surface area (Å²) >= 11 is 0. The number of hydrogen-bond acceptors (Lipinski definition) is 5. The molecule has 0 bridgehead atoms. The van der Waals surface area contributed by atoms with Crippen LogP contribution in [0.1, 0.15) is 5.56 Å². The summed E-state index contributed by atoms with van der Waals surface area (Å²) in [5, 5.41) is 0. The van der Waals surface area contributed by atoms with Crippen LogP contribution < -0.4 is 19.1 Å². The lowest BCUT2D eigenvalue weighted by molar-refractivity contribution is 0.245. The van der Waals surface area contributed by atoms with Crippen molar-refractivity contribution in [2.75, 3.05) is 52.4 Å². The molecule has 2 aromatic rings. The minimum atomic E-state index is 0.866. The first kappa shape index (κ1) is 17.4. The van der Waals surface area contributed by atoms with E-state index in [2.05, 4.69) is 28.0 Å². The summed E-state index contributed by atoms with van der Waals surface area (Å²) in [4.78, 5) is 4.86. The number of methoxy groups -OCH3 is 3. The number of rotatable bonds is 6. The molecule has 25 heavy (non-hydrogen) atoms. The first-order chi connectivity index (χ1) is 12.2. The molecule has 0 aromatic heterocycles. The third-order valence-corrected chi connectivity index (χ3v) is 4.67. The SMILES string of the molecule is COc1cccc(N2CCN(Cc3cc(OC)ccc3OC)CC2)c1.